The molecule has 5 rings (SSSR count). The lowest BCUT2D eigenvalue weighted by Crippen LogP contribution is -2.44. The molecule has 0 unspecified atom stereocenters. The van der Waals surface area contributed by atoms with Crippen LogP contribution in [0.4, 0.5) is 4.79 Å². The first kappa shape index (κ1) is 26.2. The smallest absolute Gasteiger partial charge is 0.410 e. The number of carbonyl (C=O) groups excluding carboxylic acids is 2. The molecule has 1 saturated heterocycles. The van der Waals surface area contributed by atoms with Crippen molar-refractivity contribution in [3.8, 4) is 28.8 Å². The Balaban J connectivity index is 1.49. The minimum atomic E-state index is -0.600. The van der Waals surface area contributed by atoms with Gasteiger partial charge in [0.15, 0.2) is 11.4 Å². The van der Waals surface area contributed by atoms with E-state index in [1.165, 1.54) is 6.92 Å². The van der Waals surface area contributed by atoms with Crippen LogP contribution in [0, 0.1) is 11.3 Å². The molecule has 0 spiro atoms. The van der Waals surface area contributed by atoms with Gasteiger partial charge in [-0.2, -0.15) is 10.4 Å². The number of para-hydroxylation sites is 2. The highest BCUT2D eigenvalue weighted by Gasteiger charge is 2.32. The van der Waals surface area contributed by atoms with E-state index in [2.05, 4.69) is 11.1 Å². The van der Waals surface area contributed by atoms with Crippen molar-refractivity contribution < 1.29 is 18.7 Å². The number of oxazole rings is 1. The highest BCUT2D eigenvalue weighted by Crippen LogP contribution is 2.33. The number of benzene rings is 2. The minimum Gasteiger partial charge on any atom is -0.444 e. The van der Waals surface area contributed by atoms with Crippen LogP contribution in [-0.2, 0) is 11.2 Å². The van der Waals surface area contributed by atoms with E-state index < -0.39 is 5.60 Å². The molecule has 1 aliphatic heterocycles. The second kappa shape index (κ2) is 10.4. The van der Waals surface area contributed by atoms with E-state index in [1.54, 1.807) is 9.58 Å². The van der Waals surface area contributed by atoms with E-state index in [0.717, 1.165) is 29.5 Å². The van der Waals surface area contributed by atoms with E-state index in [0.29, 0.717) is 41.5 Å². The van der Waals surface area contributed by atoms with Crippen LogP contribution < -0.4 is 0 Å². The second-order valence-corrected chi connectivity index (χ2v) is 10.8. The lowest BCUT2D eigenvalue weighted by molar-refractivity contribution is 0.0167. The number of nitrogens with zero attached hydrogens (tertiary/aromatic N) is 5. The lowest BCUT2D eigenvalue weighted by atomic mass is 10.0. The summed E-state index contributed by atoms with van der Waals surface area (Å²) in [6, 6.07) is 17.2. The van der Waals surface area contributed by atoms with Gasteiger partial charge in [0.2, 0.25) is 5.89 Å². The van der Waals surface area contributed by atoms with E-state index in [-0.39, 0.29) is 24.3 Å². The minimum absolute atomic E-state index is 0.0413. The van der Waals surface area contributed by atoms with E-state index in [9.17, 15) is 14.9 Å². The van der Waals surface area contributed by atoms with Gasteiger partial charge in [-0.3, -0.25) is 9.48 Å². The predicted molar refractivity (Wildman–Crippen MR) is 146 cm³/mol. The number of aromatic nitrogens is 3. The molecular weight excluding hydrogens is 494 g/mol. The van der Waals surface area contributed by atoms with E-state index in [1.807, 2.05) is 69.3 Å². The van der Waals surface area contributed by atoms with Gasteiger partial charge in [0.05, 0.1) is 24.2 Å². The summed E-state index contributed by atoms with van der Waals surface area (Å²) in [4.78, 5) is 31.9. The summed E-state index contributed by atoms with van der Waals surface area (Å²) >= 11 is 0. The third-order valence-corrected chi connectivity index (χ3v) is 6.69. The third kappa shape index (κ3) is 5.41. The first-order valence-corrected chi connectivity index (χ1v) is 13.1. The molecule has 1 atom stereocenters. The van der Waals surface area contributed by atoms with Gasteiger partial charge in [0.1, 0.15) is 16.8 Å². The van der Waals surface area contributed by atoms with Crippen molar-refractivity contribution in [3.05, 3.63) is 59.8 Å². The zero-order chi connectivity index (χ0) is 27.7. The van der Waals surface area contributed by atoms with E-state index in [4.69, 9.17) is 14.3 Å². The van der Waals surface area contributed by atoms with Crippen LogP contribution in [0.5, 0.6) is 0 Å². The van der Waals surface area contributed by atoms with Crippen LogP contribution in [0.2, 0.25) is 0 Å². The zero-order valence-corrected chi connectivity index (χ0v) is 22.6. The van der Waals surface area contributed by atoms with Crippen molar-refractivity contribution in [2.75, 3.05) is 13.1 Å². The Labute approximate surface area is 227 Å². The highest BCUT2D eigenvalue weighted by atomic mass is 16.6. The fraction of sp³-hybridized carbons (Fsp3) is 0.367. The Morgan fingerprint density at radius 3 is 2.51 bits per heavy atom. The van der Waals surface area contributed by atoms with E-state index >= 15 is 0 Å². The first-order valence-electron chi connectivity index (χ1n) is 13.1. The van der Waals surface area contributed by atoms with Crippen LogP contribution in [0.1, 0.15) is 62.6 Å². The van der Waals surface area contributed by atoms with Gasteiger partial charge in [-0.25, -0.2) is 9.78 Å². The number of nitriles is 1. The Morgan fingerprint density at radius 1 is 1.13 bits per heavy atom. The van der Waals surface area contributed by atoms with Crippen molar-refractivity contribution in [2.24, 2.45) is 0 Å². The zero-order valence-electron chi connectivity index (χ0n) is 22.6. The van der Waals surface area contributed by atoms with Crippen LogP contribution in [0.25, 0.3) is 33.8 Å². The first-order chi connectivity index (χ1) is 18.6. The molecule has 0 N–H and O–H groups in total. The molecule has 4 aromatic rings. The predicted octanol–water partition coefficient (Wildman–Crippen LogP) is 6.20. The number of piperidine rings is 1. The molecule has 9 heteroatoms. The summed E-state index contributed by atoms with van der Waals surface area (Å²) in [5, 5.41) is 14.5. The topological polar surface area (TPSA) is 114 Å². The summed E-state index contributed by atoms with van der Waals surface area (Å²) in [7, 11) is 0. The SMILES string of the molecule is CC(=O)c1c(CC#N)c(-c2ccc(-c3nc4ccccc4o3)cc2)nn1[C@@H]1CCCN(C(=O)OC(C)(C)C)C1. The summed E-state index contributed by atoms with van der Waals surface area (Å²) in [6.45, 7) is 7.95. The second-order valence-electron chi connectivity index (χ2n) is 10.8. The Bertz CT molecular complexity index is 1540. The molecule has 200 valence electrons. The fourth-order valence-corrected chi connectivity index (χ4v) is 5.00. The van der Waals surface area contributed by atoms with Crippen molar-refractivity contribution in [1.29, 1.82) is 5.26 Å². The molecule has 9 nitrogen and oxygen atoms in total. The molecule has 39 heavy (non-hydrogen) atoms. The van der Waals surface area contributed by atoms with Crippen LogP contribution >= 0.6 is 0 Å². The number of Topliss-reactive ketones (excluding diaryl/α,β-unsaturated/α-hetero) is 1. The number of likely N-dealkylation sites (tertiary alicyclic amines) is 1. The van der Waals surface area contributed by atoms with Crippen LogP contribution in [-0.4, -0.2) is 50.2 Å². The third-order valence-electron chi connectivity index (χ3n) is 6.69. The normalized spacial score (nSPS) is 15.8. The molecule has 0 radical (unpaired) electrons. The number of fused-ring (bicyclic) bond motifs is 1. The molecule has 1 amide bonds. The fourth-order valence-electron chi connectivity index (χ4n) is 5.00. The van der Waals surface area contributed by atoms with Crippen molar-refractivity contribution in [2.45, 2.75) is 58.6 Å². The maximum atomic E-state index is 12.9. The summed E-state index contributed by atoms with van der Waals surface area (Å²) in [5.74, 6) is 0.343. The maximum absolute atomic E-state index is 12.9. The van der Waals surface area contributed by atoms with Crippen LogP contribution in [0.15, 0.2) is 52.9 Å². The van der Waals surface area contributed by atoms with Crippen molar-refractivity contribution >= 4 is 23.0 Å². The number of amides is 1. The van der Waals surface area contributed by atoms with Gasteiger partial charge in [0, 0.05) is 36.7 Å². The highest BCUT2D eigenvalue weighted by molar-refractivity contribution is 5.96. The molecule has 3 heterocycles. The van der Waals surface area contributed by atoms with Gasteiger partial charge < -0.3 is 14.1 Å². The largest absolute Gasteiger partial charge is 0.444 e. The number of carbonyl (C=O) groups is 2. The molecular formula is C30H31N5O4. The standard InChI is InChI=1S/C30H31N5O4/c1-19(36)27-23(15-16-31)26(33-35(27)22-8-7-17-34(18-22)29(37)39-30(2,3)4)20-11-13-21(14-12-20)28-32-24-9-5-6-10-25(24)38-28/h5-6,9-14,22H,7-8,15,17-18H2,1-4H3/t22-/m1/s1. The summed E-state index contributed by atoms with van der Waals surface area (Å²) < 4.78 is 13.2. The number of ether oxygens (including phenoxy) is 1. The van der Waals surface area contributed by atoms with Crippen LogP contribution in [0.3, 0.4) is 0 Å². The molecule has 0 aliphatic carbocycles. The number of ketones is 1. The summed E-state index contributed by atoms with van der Waals surface area (Å²) in [5.41, 5.74) is 4.07. The van der Waals surface area contributed by atoms with Crippen molar-refractivity contribution in [1.82, 2.24) is 19.7 Å². The average Bonchev–Trinajstić information content (AvgIpc) is 3.50. The Kier molecular flexibility index (Phi) is 6.96. The monoisotopic (exact) mass is 525 g/mol. The molecule has 1 aliphatic rings. The Morgan fingerprint density at radius 2 is 1.85 bits per heavy atom. The molecule has 0 bridgehead atoms. The van der Waals surface area contributed by atoms with Gasteiger partial charge in [-0.15, -0.1) is 0 Å². The van der Waals surface area contributed by atoms with Gasteiger partial charge >= 0.3 is 6.09 Å². The molecule has 0 saturated carbocycles. The van der Waals surface area contributed by atoms with Gasteiger partial charge in [0.25, 0.3) is 0 Å². The number of hydrogen-bond donors (Lipinski definition) is 0. The molecule has 1 fully saturated rings. The maximum Gasteiger partial charge on any atom is 0.410 e. The van der Waals surface area contributed by atoms with Gasteiger partial charge in [-0.1, -0.05) is 24.3 Å². The molecule has 2 aromatic heterocycles. The quantitative estimate of drug-likeness (QED) is 0.285. The number of hydrogen-bond acceptors (Lipinski definition) is 7. The lowest BCUT2D eigenvalue weighted by Gasteiger charge is -2.34. The number of rotatable bonds is 5. The average molecular weight is 526 g/mol. The van der Waals surface area contributed by atoms with Gasteiger partial charge in [-0.05, 0) is 57.9 Å². The van der Waals surface area contributed by atoms with Crippen molar-refractivity contribution in [3.63, 3.8) is 0 Å². The molecule has 2 aromatic carbocycles. The summed E-state index contributed by atoms with van der Waals surface area (Å²) in [6.07, 6.45) is 1.17. The Hall–Kier alpha value is -4.45.